The molecule has 2 aromatic heterocycles. The van der Waals surface area contributed by atoms with Crippen LogP contribution in [-0.2, 0) is 6.54 Å². The number of aromatic nitrogens is 3. The Morgan fingerprint density at radius 3 is 3.22 bits per heavy atom. The minimum absolute atomic E-state index is 0.0360. The maximum absolute atomic E-state index is 12.2. The average Bonchev–Trinajstić information content (AvgIpc) is 2.43. The number of pyridine rings is 1. The van der Waals surface area contributed by atoms with E-state index in [4.69, 9.17) is 0 Å². The van der Waals surface area contributed by atoms with Gasteiger partial charge in [0.1, 0.15) is 0 Å². The molecule has 1 fully saturated rings. The van der Waals surface area contributed by atoms with Gasteiger partial charge in [-0.1, -0.05) is 0 Å². The summed E-state index contributed by atoms with van der Waals surface area (Å²) in [6.07, 6.45) is 7.38. The van der Waals surface area contributed by atoms with Gasteiger partial charge in [0.05, 0.1) is 11.6 Å². The van der Waals surface area contributed by atoms with Crippen LogP contribution in [0, 0.1) is 5.92 Å². The molecule has 0 spiro atoms. The van der Waals surface area contributed by atoms with Crippen LogP contribution in [0.4, 0.5) is 0 Å². The van der Waals surface area contributed by atoms with Gasteiger partial charge >= 0.3 is 0 Å². The molecule has 5 nitrogen and oxygen atoms in total. The van der Waals surface area contributed by atoms with Crippen molar-refractivity contribution < 1.29 is 0 Å². The Balaban J connectivity index is 1.92. The summed E-state index contributed by atoms with van der Waals surface area (Å²) in [7, 11) is 0. The Bertz CT molecular complexity index is 601. The zero-order chi connectivity index (χ0) is 12.4. The summed E-state index contributed by atoms with van der Waals surface area (Å²) < 4.78 is 1.57. The van der Waals surface area contributed by atoms with Crippen molar-refractivity contribution in [1.82, 2.24) is 20.1 Å². The lowest BCUT2D eigenvalue weighted by Gasteiger charge is -2.22. The Hall–Kier alpha value is -1.75. The average molecular weight is 244 g/mol. The predicted octanol–water partition coefficient (Wildman–Crippen LogP) is 0.791. The molecule has 5 heteroatoms. The largest absolute Gasteiger partial charge is 0.316 e. The van der Waals surface area contributed by atoms with Crippen LogP contribution in [0.25, 0.3) is 10.8 Å². The number of hydrogen-bond acceptors (Lipinski definition) is 4. The SMILES string of the molecule is O=c1c2cnccc2cnn1C[C@H]1CCCNC1. The van der Waals surface area contributed by atoms with Gasteiger partial charge in [-0.25, -0.2) is 4.68 Å². The van der Waals surface area contributed by atoms with Crippen molar-refractivity contribution in [2.75, 3.05) is 13.1 Å². The molecule has 0 amide bonds. The van der Waals surface area contributed by atoms with Crippen LogP contribution in [0.5, 0.6) is 0 Å². The van der Waals surface area contributed by atoms with Crippen LogP contribution < -0.4 is 10.9 Å². The van der Waals surface area contributed by atoms with E-state index in [1.165, 1.54) is 6.42 Å². The molecule has 3 heterocycles. The van der Waals surface area contributed by atoms with Crippen molar-refractivity contribution in [2.45, 2.75) is 19.4 Å². The van der Waals surface area contributed by atoms with Crippen molar-refractivity contribution in [1.29, 1.82) is 0 Å². The highest BCUT2D eigenvalue weighted by molar-refractivity contribution is 5.79. The fourth-order valence-electron chi connectivity index (χ4n) is 2.47. The molecule has 3 rings (SSSR count). The maximum Gasteiger partial charge on any atom is 0.276 e. The van der Waals surface area contributed by atoms with Gasteiger partial charge in [-0.2, -0.15) is 5.10 Å². The molecule has 0 radical (unpaired) electrons. The zero-order valence-electron chi connectivity index (χ0n) is 10.2. The lowest BCUT2D eigenvalue weighted by atomic mass is 10.00. The second-order valence-electron chi connectivity index (χ2n) is 4.81. The van der Waals surface area contributed by atoms with Gasteiger partial charge in [-0.05, 0) is 37.9 Å². The molecular weight excluding hydrogens is 228 g/mol. The zero-order valence-corrected chi connectivity index (χ0v) is 10.2. The second-order valence-corrected chi connectivity index (χ2v) is 4.81. The Morgan fingerprint density at radius 2 is 2.39 bits per heavy atom. The van der Waals surface area contributed by atoms with Crippen LogP contribution in [0.15, 0.2) is 29.5 Å². The van der Waals surface area contributed by atoms with Gasteiger partial charge in [-0.3, -0.25) is 9.78 Å². The van der Waals surface area contributed by atoms with E-state index in [1.54, 1.807) is 23.3 Å². The summed E-state index contributed by atoms with van der Waals surface area (Å²) in [4.78, 5) is 16.3. The van der Waals surface area contributed by atoms with E-state index in [1.807, 2.05) is 6.07 Å². The van der Waals surface area contributed by atoms with Gasteiger partial charge in [0.25, 0.3) is 5.56 Å². The first kappa shape index (κ1) is 11.3. The van der Waals surface area contributed by atoms with Crippen LogP contribution in [0.2, 0.25) is 0 Å². The molecule has 0 aromatic carbocycles. The number of nitrogens with one attached hydrogen (secondary N) is 1. The van der Waals surface area contributed by atoms with Crippen LogP contribution in [-0.4, -0.2) is 27.9 Å². The van der Waals surface area contributed by atoms with Crippen molar-refractivity contribution in [3.8, 4) is 0 Å². The lowest BCUT2D eigenvalue weighted by molar-refractivity contribution is 0.320. The molecule has 1 N–H and O–H groups in total. The van der Waals surface area contributed by atoms with Gasteiger partial charge in [0, 0.05) is 24.3 Å². The first-order chi connectivity index (χ1) is 8.84. The number of piperidine rings is 1. The van der Waals surface area contributed by atoms with E-state index < -0.39 is 0 Å². The van der Waals surface area contributed by atoms with Crippen molar-refractivity contribution in [3.63, 3.8) is 0 Å². The molecule has 18 heavy (non-hydrogen) atoms. The molecule has 1 aliphatic rings. The minimum Gasteiger partial charge on any atom is -0.316 e. The lowest BCUT2D eigenvalue weighted by Crippen LogP contribution is -2.35. The molecule has 0 unspecified atom stereocenters. The first-order valence-electron chi connectivity index (χ1n) is 6.35. The predicted molar refractivity (Wildman–Crippen MR) is 69.4 cm³/mol. The number of nitrogens with zero attached hydrogens (tertiary/aromatic N) is 3. The molecule has 1 atom stereocenters. The van der Waals surface area contributed by atoms with Gasteiger partial charge < -0.3 is 5.32 Å². The maximum atomic E-state index is 12.2. The molecule has 0 aliphatic carbocycles. The number of rotatable bonds is 2. The van der Waals surface area contributed by atoms with Crippen molar-refractivity contribution >= 4 is 10.8 Å². The quantitative estimate of drug-likeness (QED) is 0.848. The van der Waals surface area contributed by atoms with E-state index >= 15 is 0 Å². The number of fused-ring (bicyclic) bond motifs is 1. The van der Waals surface area contributed by atoms with Crippen LogP contribution in [0.1, 0.15) is 12.8 Å². The Morgan fingerprint density at radius 1 is 1.44 bits per heavy atom. The molecule has 0 bridgehead atoms. The molecule has 94 valence electrons. The fourth-order valence-corrected chi connectivity index (χ4v) is 2.47. The summed E-state index contributed by atoms with van der Waals surface area (Å²) in [6.45, 7) is 2.75. The Labute approximate surface area is 105 Å². The molecule has 1 saturated heterocycles. The second kappa shape index (κ2) is 4.86. The third kappa shape index (κ3) is 2.13. The van der Waals surface area contributed by atoms with Crippen molar-refractivity contribution in [2.24, 2.45) is 5.92 Å². The van der Waals surface area contributed by atoms with Gasteiger partial charge in [0.15, 0.2) is 0 Å². The number of hydrogen-bond donors (Lipinski definition) is 1. The standard InChI is InChI=1S/C13H16N4O/c18-13-12-8-15-5-3-11(12)7-16-17(13)9-10-2-1-4-14-6-10/h3,5,7-8,10,14H,1-2,4,6,9H2/t10-/m0/s1. The van der Waals surface area contributed by atoms with Crippen LogP contribution in [0.3, 0.4) is 0 Å². The fraction of sp³-hybridized carbons (Fsp3) is 0.462. The minimum atomic E-state index is -0.0360. The molecule has 2 aromatic rings. The monoisotopic (exact) mass is 244 g/mol. The first-order valence-corrected chi connectivity index (χ1v) is 6.35. The topological polar surface area (TPSA) is 59.8 Å². The summed E-state index contributed by atoms with van der Waals surface area (Å²) in [5.74, 6) is 0.498. The summed E-state index contributed by atoms with van der Waals surface area (Å²) in [5, 5.41) is 9.11. The highest BCUT2D eigenvalue weighted by atomic mass is 16.1. The van der Waals surface area contributed by atoms with E-state index in [0.717, 1.165) is 24.9 Å². The smallest absolute Gasteiger partial charge is 0.276 e. The van der Waals surface area contributed by atoms with Gasteiger partial charge in [-0.15, -0.1) is 0 Å². The summed E-state index contributed by atoms with van der Waals surface area (Å²) in [5.41, 5.74) is -0.0360. The van der Waals surface area contributed by atoms with E-state index in [0.29, 0.717) is 17.8 Å². The molecule has 1 aliphatic heterocycles. The van der Waals surface area contributed by atoms with E-state index in [-0.39, 0.29) is 5.56 Å². The third-order valence-electron chi connectivity index (χ3n) is 3.49. The van der Waals surface area contributed by atoms with Crippen LogP contribution >= 0.6 is 0 Å². The Kier molecular flexibility index (Phi) is 3.06. The third-order valence-corrected chi connectivity index (χ3v) is 3.49. The molecule has 0 saturated carbocycles. The van der Waals surface area contributed by atoms with Gasteiger partial charge in [0.2, 0.25) is 0 Å². The molecular formula is C13H16N4O. The summed E-state index contributed by atoms with van der Waals surface area (Å²) >= 11 is 0. The highest BCUT2D eigenvalue weighted by Crippen LogP contribution is 2.12. The van der Waals surface area contributed by atoms with Crippen molar-refractivity contribution in [3.05, 3.63) is 35.0 Å². The highest BCUT2D eigenvalue weighted by Gasteiger charge is 2.15. The van der Waals surface area contributed by atoms with E-state index in [2.05, 4.69) is 15.4 Å². The van der Waals surface area contributed by atoms with E-state index in [9.17, 15) is 4.79 Å². The normalized spacial score (nSPS) is 20.1. The summed E-state index contributed by atoms with van der Waals surface area (Å²) in [6, 6.07) is 1.82.